The summed E-state index contributed by atoms with van der Waals surface area (Å²) in [6.07, 6.45) is 9.45. The quantitative estimate of drug-likeness (QED) is 0.0185. The van der Waals surface area contributed by atoms with Crippen molar-refractivity contribution in [3.05, 3.63) is 123 Å². The number of rotatable bonds is 36. The molecular weight excluding hydrogens is 1240 g/mol. The van der Waals surface area contributed by atoms with Crippen LogP contribution in [0.1, 0.15) is 122 Å². The van der Waals surface area contributed by atoms with Crippen molar-refractivity contribution in [3.8, 4) is 11.4 Å². The zero-order chi connectivity index (χ0) is 66.8. The van der Waals surface area contributed by atoms with E-state index in [-0.39, 0.29) is 112 Å². The number of sulfonamides is 1. The van der Waals surface area contributed by atoms with Crippen LogP contribution in [0.25, 0.3) is 22.3 Å². The van der Waals surface area contributed by atoms with E-state index in [9.17, 15) is 46.8 Å². The number of hydrogen-bond acceptors (Lipinski definition) is 22. The average molecular weight is 1320 g/mol. The molecule has 0 radical (unpaired) electrons. The second-order valence-electron chi connectivity index (χ2n) is 23.1. The van der Waals surface area contributed by atoms with Gasteiger partial charge in [0.25, 0.3) is 11.5 Å². The number of thioether (sulfide) groups is 1. The number of amides is 3. The molecule has 2 aliphatic rings. The van der Waals surface area contributed by atoms with E-state index in [0.717, 1.165) is 16.5 Å². The minimum absolute atomic E-state index is 0.111. The standard InChI is InChI=1S/C64H80N12O15S2/c1-7-64(53-31-55-57-51(36-75(55)60(82)52(53)40-89-61(64)83)49(50-16-8-9-17-54(50)70-57)23-26-76(41(2)3)93(6,85)86)91-63(84)90-37-42-19-21-45(22-20-42)69-58(80)43(14-10-11-24-65)30-48(78)39-88-38-47(77)15-13-28-87-29-27-74-35-46(71-72-74)34-66-56(79)18-12-25-73(4)59(81)44-32-67-62(92-5)68-33-44/h8-9,16-17,19-22,31-33,35,41,43H,7,10-15,18,23-30,34,36-40,65H2,1-6H3,(H,66,79)(H,69,80)/t43-,64+/m1/s1. The van der Waals surface area contributed by atoms with E-state index in [4.69, 9.17) is 34.4 Å². The zero-order valence-electron chi connectivity index (χ0n) is 53.2. The maximum Gasteiger partial charge on any atom is 0.510 e. The number of hydrogen-bond donors (Lipinski definition) is 3. The number of carbonyl (C=O) groups excluding carboxylic acids is 7. The van der Waals surface area contributed by atoms with E-state index < -0.39 is 45.1 Å². The fraction of sp³-hybridized carbons (Fsp3) is 0.484. The van der Waals surface area contributed by atoms with Crippen LogP contribution in [-0.4, -0.2) is 165 Å². The molecule has 2 aliphatic heterocycles. The molecule has 4 aromatic heterocycles. The van der Waals surface area contributed by atoms with Crippen LogP contribution in [0.5, 0.6) is 0 Å². The molecule has 93 heavy (non-hydrogen) atoms. The molecule has 0 saturated carbocycles. The van der Waals surface area contributed by atoms with Crippen molar-refractivity contribution in [3.63, 3.8) is 0 Å². The molecule has 0 bridgehead atoms. The molecule has 498 valence electrons. The fourth-order valence-electron chi connectivity index (χ4n) is 11.1. The number of anilines is 1. The van der Waals surface area contributed by atoms with Gasteiger partial charge in [-0.15, -0.1) is 5.10 Å². The zero-order valence-corrected chi connectivity index (χ0v) is 54.8. The Kier molecular flexibility index (Phi) is 25.0. The number of benzene rings is 2. The van der Waals surface area contributed by atoms with Gasteiger partial charge in [-0.25, -0.2) is 37.6 Å². The van der Waals surface area contributed by atoms with Crippen LogP contribution in [0.15, 0.2) is 83.1 Å². The highest BCUT2D eigenvalue weighted by molar-refractivity contribution is 7.98. The molecule has 8 rings (SSSR count). The number of nitrogens with one attached hydrogen (secondary N) is 2. The topological polar surface area (TPSA) is 348 Å². The summed E-state index contributed by atoms with van der Waals surface area (Å²) in [6, 6.07) is 15.2. The van der Waals surface area contributed by atoms with Gasteiger partial charge in [0.1, 0.15) is 32.1 Å². The Morgan fingerprint density at radius 3 is 2.39 bits per heavy atom. The summed E-state index contributed by atoms with van der Waals surface area (Å²) < 4.78 is 58.1. The number of aromatic nitrogens is 7. The number of carbonyl (C=O) groups is 7. The number of Topliss-reactive ketones (excluding diaryl/α,β-unsaturated/α-hetero) is 2. The van der Waals surface area contributed by atoms with Gasteiger partial charge in [-0.3, -0.25) is 28.8 Å². The smallest absolute Gasteiger partial charge is 0.457 e. The molecule has 2 atom stereocenters. The molecule has 0 spiro atoms. The van der Waals surface area contributed by atoms with Crippen molar-refractivity contribution in [1.82, 2.24) is 49.0 Å². The molecule has 4 N–H and O–H groups in total. The molecule has 6 heterocycles. The third kappa shape index (κ3) is 18.5. The Bertz CT molecular complexity index is 3840. The summed E-state index contributed by atoms with van der Waals surface area (Å²) in [7, 11) is -1.88. The van der Waals surface area contributed by atoms with Crippen LogP contribution in [0, 0.1) is 5.92 Å². The first-order chi connectivity index (χ1) is 44.6. The second-order valence-corrected chi connectivity index (χ2v) is 25.8. The minimum atomic E-state index is -3.54. The van der Waals surface area contributed by atoms with Gasteiger partial charge in [0.05, 0.1) is 66.7 Å². The van der Waals surface area contributed by atoms with E-state index in [1.807, 2.05) is 44.4 Å². The predicted octanol–water partition coefficient (Wildman–Crippen LogP) is 5.65. The maximum atomic E-state index is 14.4. The van der Waals surface area contributed by atoms with E-state index in [2.05, 4.69) is 30.9 Å². The second kappa shape index (κ2) is 33.0. The first-order valence-electron chi connectivity index (χ1n) is 30.9. The first-order valence-corrected chi connectivity index (χ1v) is 33.9. The Balaban J connectivity index is 0.748. The van der Waals surface area contributed by atoms with E-state index in [0.29, 0.717) is 116 Å². The van der Waals surface area contributed by atoms with Gasteiger partial charge in [-0.05, 0) is 101 Å². The average Bonchev–Trinajstić information content (AvgIpc) is 1.66. The highest BCUT2D eigenvalue weighted by Crippen LogP contribution is 2.42. The minimum Gasteiger partial charge on any atom is -0.457 e. The number of unbranched alkanes of at least 4 members (excludes halogenated alkanes) is 1. The highest BCUT2D eigenvalue weighted by atomic mass is 32.2. The number of cyclic esters (lactones) is 1. The van der Waals surface area contributed by atoms with Crippen LogP contribution < -0.4 is 21.9 Å². The first kappa shape index (κ1) is 70.5. The van der Waals surface area contributed by atoms with Gasteiger partial charge in [-0.1, -0.05) is 60.7 Å². The lowest BCUT2D eigenvalue weighted by molar-refractivity contribution is -0.175. The molecule has 0 saturated heterocycles. The van der Waals surface area contributed by atoms with Crippen LogP contribution in [0.4, 0.5) is 10.5 Å². The summed E-state index contributed by atoms with van der Waals surface area (Å²) in [5.41, 5.74) is 8.42. The van der Waals surface area contributed by atoms with Crippen LogP contribution in [-0.2, 0) is 103 Å². The predicted molar refractivity (Wildman–Crippen MR) is 343 cm³/mol. The van der Waals surface area contributed by atoms with Gasteiger partial charge in [0.15, 0.2) is 16.7 Å². The summed E-state index contributed by atoms with van der Waals surface area (Å²) in [5, 5.41) is 15.2. The maximum absolute atomic E-state index is 14.4. The largest absolute Gasteiger partial charge is 0.510 e. The van der Waals surface area contributed by atoms with Crippen molar-refractivity contribution >= 4 is 79.8 Å². The molecule has 0 unspecified atom stereocenters. The monoisotopic (exact) mass is 1320 g/mol. The lowest BCUT2D eigenvalue weighted by Gasteiger charge is -2.35. The molecule has 6 aromatic rings. The number of pyridine rings is 2. The Hall–Kier alpha value is -8.35. The van der Waals surface area contributed by atoms with Gasteiger partial charge < -0.3 is 49.5 Å². The van der Waals surface area contributed by atoms with Crippen LogP contribution in [0.2, 0.25) is 0 Å². The molecular formula is C64H80N12O15S2. The Labute approximate surface area is 543 Å². The molecule has 2 aromatic carbocycles. The third-order valence-electron chi connectivity index (χ3n) is 16.0. The fourth-order valence-corrected chi connectivity index (χ4v) is 12.6. The Morgan fingerprint density at radius 2 is 1.67 bits per heavy atom. The molecule has 0 fully saturated rings. The summed E-state index contributed by atoms with van der Waals surface area (Å²) in [4.78, 5) is 121. The number of ether oxygens (including phenoxy) is 5. The van der Waals surface area contributed by atoms with Gasteiger partial charge in [-0.2, -0.15) is 4.31 Å². The lowest BCUT2D eigenvalue weighted by Crippen LogP contribution is -2.47. The Morgan fingerprint density at radius 1 is 0.914 bits per heavy atom. The van der Waals surface area contributed by atoms with Crippen molar-refractivity contribution in [2.45, 2.75) is 135 Å². The summed E-state index contributed by atoms with van der Waals surface area (Å²) in [6.45, 7) is 6.22. The molecule has 0 aliphatic carbocycles. The molecule has 27 nitrogen and oxygen atoms in total. The number of para-hydroxylation sites is 1. The normalized spacial score (nSPS) is 14.5. The van der Waals surface area contributed by atoms with Crippen molar-refractivity contribution in [2.75, 3.05) is 70.9 Å². The summed E-state index contributed by atoms with van der Waals surface area (Å²) in [5.74, 6) is -3.00. The van der Waals surface area contributed by atoms with E-state index >= 15 is 0 Å². The third-order valence-corrected chi connectivity index (χ3v) is 18.1. The number of fused-ring (bicyclic) bond motifs is 5. The van der Waals surface area contributed by atoms with Gasteiger partial charge in [0.2, 0.25) is 27.4 Å². The van der Waals surface area contributed by atoms with E-state index in [1.165, 1.54) is 39.6 Å². The highest BCUT2D eigenvalue weighted by Gasteiger charge is 2.51. The van der Waals surface area contributed by atoms with E-state index in [1.54, 1.807) is 59.7 Å². The van der Waals surface area contributed by atoms with Crippen molar-refractivity contribution in [2.24, 2.45) is 11.7 Å². The number of nitrogens with zero attached hydrogens (tertiary/aromatic N) is 9. The molecule has 3 amide bonds. The van der Waals surface area contributed by atoms with Crippen molar-refractivity contribution in [1.29, 1.82) is 0 Å². The summed E-state index contributed by atoms with van der Waals surface area (Å²) >= 11 is 1.38. The molecule has 29 heteroatoms. The van der Waals surface area contributed by atoms with Gasteiger partial charge >= 0.3 is 12.1 Å². The van der Waals surface area contributed by atoms with Crippen molar-refractivity contribution < 1.29 is 65.7 Å². The van der Waals surface area contributed by atoms with Crippen LogP contribution >= 0.6 is 11.8 Å². The number of nitrogens with two attached hydrogens (primary N) is 1. The number of esters is 1. The number of ketones is 2. The SMILES string of the molecule is CC[C@@]1(OC(=O)OCc2ccc(NC(=O)[C@H](CCCCN)CC(=O)COCC(=O)CCCOCCn3cc(CNC(=O)CCCN(C)C(=O)c4cnc(SC)nc4)nn3)cc2)C(=O)OCc2c1cc1n(c2=O)Cc2c-1nc1ccccc1c2CCN(C(C)C)S(C)(=O)=O. The lowest BCUT2D eigenvalue weighted by atomic mass is 9.85. The van der Waals surface area contributed by atoms with Crippen LogP contribution in [0.3, 0.4) is 0 Å². The van der Waals surface area contributed by atoms with Gasteiger partial charge in [0, 0.05) is 92.6 Å².